The largest absolute Gasteiger partial charge is 0.493 e. The monoisotopic (exact) mass is 464 g/mol. The van der Waals surface area contributed by atoms with Crippen LogP contribution in [0, 0.1) is 5.82 Å². The van der Waals surface area contributed by atoms with Gasteiger partial charge in [-0.25, -0.2) is 4.39 Å². The lowest BCUT2D eigenvalue weighted by molar-refractivity contribution is -0.135. The van der Waals surface area contributed by atoms with Crippen molar-refractivity contribution in [3.63, 3.8) is 0 Å². The first-order valence-electron chi connectivity index (χ1n) is 10.7. The molecular formula is C26H25FN2O5. The van der Waals surface area contributed by atoms with Crippen LogP contribution in [0.1, 0.15) is 34.5 Å². The molecule has 8 heteroatoms. The van der Waals surface area contributed by atoms with Gasteiger partial charge in [0.1, 0.15) is 11.6 Å². The Morgan fingerprint density at radius 3 is 2.47 bits per heavy atom. The van der Waals surface area contributed by atoms with Crippen LogP contribution in [0.5, 0.6) is 17.2 Å². The number of benzene rings is 3. The van der Waals surface area contributed by atoms with Crippen LogP contribution in [-0.2, 0) is 11.3 Å². The fourth-order valence-electron chi connectivity index (χ4n) is 3.87. The van der Waals surface area contributed by atoms with E-state index in [9.17, 15) is 14.0 Å². The standard InChI is InChI=1S/C26H25FN2O5/c1-16(17-4-7-20(27)8-5-17)29-14-19-12-21(9-11-22(19)34-15-25(29)30)28-26(31)18-6-10-23(32-2)24(13-18)33-3/h4-13,16H,14-15H2,1-3H3,(H,28,31)/t16-/m1/s1. The molecule has 2 amide bonds. The number of nitrogens with one attached hydrogen (secondary N) is 1. The molecule has 1 N–H and O–H groups in total. The maximum absolute atomic E-state index is 13.3. The first kappa shape index (κ1) is 23.1. The molecule has 0 spiro atoms. The van der Waals surface area contributed by atoms with Gasteiger partial charge in [0.25, 0.3) is 11.8 Å². The van der Waals surface area contributed by atoms with Crippen molar-refractivity contribution in [2.45, 2.75) is 19.5 Å². The number of methoxy groups -OCH3 is 2. The Bertz CT molecular complexity index is 1210. The summed E-state index contributed by atoms with van der Waals surface area (Å²) < 4.78 is 29.5. The number of carbonyl (C=O) groups excluding carboxylic acids is 2. The molecule has 0 saturated carbocycles. The van der Waals surface area contributed by atoms with Gasteiger partial charge in [0, 0.05) is 16.8 Å². The lowest BCUT2D eigenvalue weighted by Crippen LogP contribution is -2.34. The fraction of sp³-hybridized carbons (Fsp3) is 0.231. The van der Waals surface area contributed by atoms with Crippen molar-refractivity contribution in [1.29, 1.82) is 0 Å². The van der Waals surface area contributed by atoms with Crippen LogP contribution < -0.4 is 19.5 Å². The lowest BCUT2D eigenvalue weighted by Gasteiger charge is -2.28. The second kappa shape index (κ2) is 9.82. The van der Waals surface area contributed by atoms with E-state index in [1.807, 2.05) is 6.92 Å². The summed E-state index contributed by atoms with van der Waals surface area (Å²) in [6.45, 7) is 2.07. The van der Waals surface area contributed by atoms with E-state index in [1.165, 1.54) is 26.4 Å². The van der Waals surface area contributed by atoms with Crippen LogP contribution in [0.4, 0.5) is 10.1 Å². The van der Waals surface area contributed by atoms with Crippen molar-refractivity contribution >= 4 is 17.5 Å². The molecule has 3 aromatic rings. The molecule has 7 nitrogen and oxygen atoms in total. The van der Waals surface area contributed by atoms with E-state index in [0.717, 1.165) is 11.1 Å². The number of fused-ring (bicyclic) bond motifs is 1. The number of rotatable bonds is 6. The number of anilines is 1. The van der Waals surface area contributed by atoms with E-state index in [0.29, 0.717) is 28.5 Å². The van der Waals surface area contributed by atoms with Crippen molar-refractivity contribution in [3.05, 3.63) is 83.2 Å². The Balaban J connectivity index is 1.55. The fourth-order valence-corrected chi connectivity index (χ4v) is 3.87. The van der Waals surface area contributed by atoms with Gasteiger partial charge in [-0.15, -0.1) is 0 Å². The van der Waals surface area contributed by atoms with Crippen LogP contribution in [-0.4, -0.2) is 37.5 Å². The minimum Gasteiger partial charge on any atom is -0.493 e. The van der Waals surface area contributed by atoms with Crippen molar-refractivity contribution in [2.24, 2.45) is 0 Å². The van der Waals surface area contributed by atoms with Gasteiger partial charge < -0.3 is 24.4 Å². The smallest absolute Gasteiger partial charge is 0.261 e. The Morgan fingerprint density at radius 1 is 1.03 bits per heavy atom. The predicted molar refractivity (Wildman–Crippen MR) is 125 cm³/mol. The SMILES string of the molecule is COc1ccc(C(=O)Nc2ccc3c(c2)CN([C@H](C)c2ccc(F)cc2)C(=O)CO3)cc1OC. The molecule has 0 aromatic heterocycles. The molecule has 0 saturated heterocycles. The Kier molecular flexibility index (Phi) is 6.67. The van der Waals surface area contributed by atoms with Crippen LogP contribution in [0.15, 0.2) is 60.7 Å². The van der Waals surface area contributed by atoms with E-state index < -0.39 is 0 Å². The maximum Gasteiger partial charge on any atom is 0.261 e. The van der Waals surface area contributed by atoms with E-state index in [4.69, 9.17) is 14.2 Å². The third-order valence-corrected chi connectivity index (χ3v) is 5.80. The van der Waals surface area contributed by atoms with Crippen molar-refractivity contribution in [3.8, 4) is 17.2 Å². The van der Waals surface area contributed by atoms with Gasteiger partial charge >= 0.3 is 0 Å². The Morgan fingerprint density at radius 2 is 1.76 bits per heavy atom. The molecule has 176 valence electrons. The molecule has 1 atom stereocenters. The summed E-state index contributed by atoms with van der Waals surface area (Å²) in [7, 11) is 3.03. The van der Waals surface area contributed by atoms with Gasteiger partial charge in [-0.05, 0) is 61.0 Å². The molecule has 4 rings (SSSR count). The van der Waals surface area contributed by atoms with Crippen LogP contribution >= 0.6 is 0 Å². The molecule has 1 aliphatic rings. The number of carbonyl (C=O) groups is 2. The minimum absolute atomic E-state index is 0.101. The summed E-state index contributed by atoms with van der Waals surface area (Å²) >= 11 is 0. The van der Waals surface area contributed by atoms with E-state index in [-0.39, 0.29) is 36.8 Å². The third kappa shape index (κ3) is 4.80. The van der Waals surface area contributed by atoms with E-state index in [1.54, 1.807) is 53.4 Å². The van der Waals surface area contributed by atoms with Gasteiger partial charge in [-0.1, -0.05) is 12.1 Å². The van der Waals surface area contributed by atoms with E-state index in [2.05, 4.69) is 5.32 Å². The summed E-state index contributed by atoms with van der Waals surface area (Å²) in [5, 5.41) is 2.87. The second-order valence-corrected chi connectivity index (χ2v) is 7.88. The highest BCUT2D eigenvalue weighted by Crippen LogP contribution is 2.32. The average molecular weight is 464 g/mol. The molecule has 34 heavy (non-hydrogen) atoms. The summed E-state index contributed by atoms with van der Waals surface area (Å²) in [5.74, 6) is 0.732. The summed E-state index contributed by atoms with van der Waals surface area (Å²) in [4.78, 5) is 27.3. The molecule has 3 aromatic carbocycles. The van der Waals surface area contributed by atoms with Gasteiger partial charge in [0.05, 0.1) is 26.8 Å². The van der Waals surface area contributed by atoms with Gasteiger partial charge in [-0.3, -0.25) is 9.59 Å². The number of halogens is 1. The molecule has 0 fully saturated rings. The van der Waals surface area contributed by atoms with Crippen molar-refractivity contribution in [2.75, 3.05) is 26.1 Å². The van der Waals surface area contributed by atoms with Gasteiger partial charge in [0.15, 0.2) is 18.1 Å². The molecule has 0 bridgehead atoms. The highest BCUT2D eigenvalue weighted by molar-refractivity contribution is 6.04. The Labute approximate surface area is 197 Å². The van der Waals surface area contributed by atoms with Gasteiger partial charge in [-0.2, -0.15) is 0 Å². The first-order chi connectivity index (χ1) is 16.4. The maximum atomic E-state index is 13.3. The zero-order valence-electron chi connectivity index (χ0n) is 19.1. The van der Waals surface area contributed by atoms with Crippen molar-refractivity contribution in [1.82, 2.24) is 4.90 Å². The first-order valence-corrected chi connectivity index (χ1v) is 10.7. The quantitative estimate of drug-likeness (QED) is 0.578. The summed E-state index contributed by atoms with van der Waals surface area (Å²) in [6, 6.07) is 16.0. The summed E-state index contributed by atoms with van der Waals surface area (Å²) in [5.41, 5.74) is 2.54. The molecule has 0 radical (unpaired) electrons. The minimum atomic E-state index is -0.332. The molecule has 0 unspecified atom stereocenters. The number of ether oxygens (including phenoxy) is 3. The highest BCUT2D eigenvalue weighted by atomic mass is 19.1. The Hall–Kier alpha value is -4.07. The average Bonchev–Trinajstić information content (AvgIpc) is 3.02. The zero-order chi connectivity index (χ0) is 24.2. The summed E-state index contributed by atoms with van der Waals surface area (Å²) in [6.07, 6.45) is 0. The molecular weight excluding hydrogens is 439 g/mol. The normalized spacial score (nSPS) is 13.9. The third-order valence-electron chi connectivity index (χ3n) is 5.80. The highest BCUT2D eigenvalue weighted by Gasteiger charge is 2.27. The number of amides is 2. The lowest BCUT2D eigenvalue weighted by atomic mass is 10.1. The van der Waals surface area contributed by atoms with Crippen LogP contribution in [0.25, 0.3) is 0 Å². The topological polar surface area (TPSA) is 77.1 Å². The predicted octanol–water partition coefficient (Wildman–Crippen LogP) is 4.58. The van der Waals surface area contributed by atoms with E-state index >= 15 is 0 Å². The van der Waals surface area contributed by atoms with Crippen LogP contribution in [0.2, 0.25) is 0 Å². The zero-order valence-corrected chi connectivity index (χ0v) is 19.1. The second-order valence-electron chi connectivity index (χ2n) is 7.88. The van der Waals surface area contributed by atoms with Crippen molar-refractivity contribution < 1.29 is 28.2 Å². The van der Waals surface area contributed by atoms with Gasteiger partial charge in [0.2, 0.25) is 0 Å². The molecule has 0 aliphatic carbocycles. The molecule has 1 heterocycles. The number of nitrogens with zero attached hydrogens (tertiary/aromatic N) is 1. The number of hydrogen-bond donors (Lipinski definition) is 1. The number of hydrogen-bond acceptors (Lipinski definition) is 5. The van der Waals surface area contributed by atoms with Crippen LogP contribution in [0.3, 0.4) is 0 Å². The molecule has 1 aliphatic heterocycles.